The zero-order valence-electron chi connectivity index (χ0n) is 13.0. The molecule has 0 spiro atoms. The molecule has 0 aromatic rings. The lowest BCUT2D eigenvalue weighted by atomic mass is 10.00. The van der Waals surface area contributed by atoms with E-state index in [1.165, 1.54) is 12.8 Å². The fourth-order valence-electron chi connectivity index (χ4n) is 2.88. The molecular weight excluding hydrogens is 256 g/mol. The fraction of sp³-hybridized carbons (Fsp3) is 0.933. The van der Waals surface area contributed by atoms with Crippen molar-refractivity contribution in [1.29, 1.82) is 0 Å². The molecule has 2 aliphatic rings. The molecule has 2 fully saturated rings. The van der Waals surface area contributed by atoms with Gasteiger partial charge in [0.15, 0.2) is 0 Å². The van der Waals surface area contributed by atoms with Crippen LogP contribution in [0.3, 0.4) is 0 Å². The van der Waals surface area contributed by atoms with E-state index in [4.69, 9.17) is 9.47 Å². The number of nitrogens with one attached hydrogen (secondary N) is 1. The molecule has 0 saturated carbocycles. The molecule has 116 valence electrons. The third-order valence-corrected chi connectivity index (χ3v) is 3.85. The Labute approximate surface area is 122 Å². The highest BCUT2D eigenvalue weighted by atomic mass is 16.6. The first-order valence-corrected chi connectivity index (χ1v) is 7.72. The second-order valence-corrected chi connectivity index (χ2v) is 6.95. The minimum absolute atomic E-state index is 0.227. The lowest BCUT2D eigenvalue weighted by Gasteiger charge is -2.27. The lowest BCUT2D eigenvalue weighted by Crippen LogP contribution is -2.41. The number of ether oxygens (including phenoxy) is 2. The van der Waals surface area contributed by atoms with E-state index in [1.807, 2.05) is 20.8 Å². The van der Waals surface area contributed by atoms with E-state index >= 15 is 0 Å². The third kappa shape index (κ3) is 5.29. The van der Waals surface area contributed by atoms with Crippen molar-refractivity contribution in [2.24, 2.45) is 5.92 Å². The van der Waals surface area contributed by atoms with Crippen LogP contribution in [0.4, 0.5) is 4.79 Å². The van der Waals surface area contributed by atoms with Crippen LogP contribution in [0.15, 0.2) is 0 Å². The summed E-state index contributed by atoms with van der Waals surface area (Å²) in [5.74, 6) is 0.754. The summed E-state index contributed by atoms with van der Waals surface area (Å²) in [6.45, 7) is 10.6. The Hall–Kier alpha value is -0.810. The minimum atomic E-state index is -0.426. The van der Waals surface area contributed by atoms with Crippen molar-refractivity contribution in [3.8, 4) is 0 Å². The quantitative estimate of drug-likeness (QED) is 0.861. The average molecular weight is 284 g/mol. The summed E-state index contributed by atoms with van der Waals surface area (Å²) in [5, 5.41) is 2.98. The van der Waals surface area contributed by atoms with E-state index in [9.17, 15) is 4.79 Å². The molecule has 1 N–H and O–H groups in total. The topological polar surface area (TPSA) is 50.8 Å². The molecule has 0 radical (unpaired) electrons. The summed E-state index contributed by atoms with van der Waals surface area (Å²) in [5.41, 5.74) is -0.426. The zero-order valence-corrected chi connectivity index (χ0v) is 13.0. The van der Waals surface area contributed by atoms with Crippen LogP contribution in [0.5, 0.6) is 0 Å². The maximum atomic E-state index is 11.7. The van der Waals surface area contributed by atoms with Gasteiger partial charge in [-0.05, 0) is 46.0 Å². The van der Waals surface area contributed by atoms with Crippen LogP contribution in [-0.4, -0.2) is 55.5 Å². The zero-order chi connectivity index (χ0) is 14.6. The van der Waals surface area contributed by atoms with Crippen LogP contribution in [0.1, 0.15) is 40.0 Å². The molecule has 2 heterocycles. The number of carbonyl (C=O) groups is 1. The summed E-state index contributed by atoms with van der Waals surface area (Å²) in [6, 6.07) is 0.227. The van der Waals surface area contributed by atoms with E-state index in [0.29, 0.717) is 0 Å². The molecule has 0 aromatic carbocycles. The predicted molar refractivity (Wildman–Crippen MR) is 77.8 cm³/mol. The second kappa shape index (κ2) is 6.76. The smallest absolute Gasteiger partial charge is 0.407 e. The van der Waals surface area contributed by atoms with Crippen LogP contribution in [-0.2, 0) is 9.47 Å². The fourth-order valence-corrected chi connectivity index (χ4v) is 2.88. The Bertz CT molecular complexity index is 322. The van der Waals surface area contributed by atoms with Crippen molar-refractivity contribution in [2.75, 3.05) is 32.8 Å². The van der Waals surface area contributed by atoms with Gasteiger partial charge in [0.1, 0.15) is 5.60 Å². The van der Waals surface area contributed by atoms with Crippen molar-refractivity contribution in [3.63, 3.8) is 0 Å². The molecule has 5 nitrogen and oxygen atoms in total. The van der Waals surface area contributed by atoms with Gasteiger partial charge < -0.3 is 19.7 Å². The first kappa shape index (κ1) is 15.6. The van der Waals surface area contributed by atoms with Crippen molar-refractivity contribution < 1.29 is 14.3 Å². The summed E-state index contributed by atoms with van der Waals surface area (Å²) >= 11 is 0. The van der Waals surface area contributed by atoms with Gasteiger partial charge in [0.2, 0.25) is 0 Å². The van der Waals surface area contributed by atoms with Crippen LogP contribution in [0.25, 0.3) is 0 Å². The monoisotopic (exact) mass is 284 g/mol. The molecule has 20 heavy (non-hydrogen) atoms. The maximum Gasteiger partial charge on any atom is 0.407 e. The van der Waals surface area contributed by atoms with Crippen LogP contribution in [0, 0.1) is 5.92 Å². The van der Waals surface area contributed by atoms with Crippen molar-refractivity contribution in [2.45, 2.75) is 51.7 Å². The van der Waals surface area contributed by atoms with Gasteiger partial charge >= 0.3 is 6.09 Å². The molecule has 2 saturated heterocycles. The number of likely N-dealkylation sites (tertiary alicyclic amines) is 1. The van der Waals surface area contributed by atoms with E-state index in [1.54, 1.807) is 0 Å². The highest BCUT2D eigenvalue weighted by Crippen LogP contribution is 2.19. The van der Waals surface area contributed by atoms with E-state index in [-0.39, 0.29) is 12.1 Å². The average Bonchev–Trinajstić information content (AvgIpc) is 2.75. The minimum Gasteiger partial charge on any atom is -0.444 e. The van der Waals surface area contributed by atoms with E-state index in [2.05, 4.69) is 10.2 Å². The van der Waals surface area contributed by atoms with E-state index in [0.717, 1.165) is 45.2 Å². The number of hydrogen-bond acceptors (Lipinski definition) is 4. The number of carbonyl (C=O) groups excluding carboxylic acids is 1. The molecular formula is C15H28N2O3. The highest BCUT2D eigenvalue weighted by molar-refractivity contribution is 5.68. The molecule has 0 aromatic heterocycles. The maximum absolute atomic E-state index is 11.7. The molecule has 1 unspecified atom stereocenters. The summed E-state index contributed by atoms with van der Waals surface area (Å²) in [7, 11) is 0. The number of rotatable bonds is 3. The van der Waals surface area contributed by atoms with Gasteiger partial charge in [0.05, 0.1) is 0 Å². The summed E-state index contributed by atoms with van der Waals surface area (Å²) < 4.78 is 10.7. The van der Waals surface area contributed by atoms with Gasteiger partial charge in [-0.2, -0.15) is 0 Å². The van der Waals surface area contributed by atoms with Gasteiger partial charge in [-0.1, -0.05) is 0 Å². The Kier molecular flexibility index (Phi) is 5.27. The number of nitrogens with zero attached hydrogens (tertiary/aromatic N) is 1. The molecule has 0 aliphatic carbocycles. The standard InChI is InChI=1S/C15H28N2O3/c1-15(2,3)20-14(18)16-13-4-7-17(11-13)10-12-5-8-19-9-6-12/h12-13H,4-11H2,1-3H3,(H,16,18). The molecule has 2 aliphatic heterocycles. The second-order valence-electron chi connectivity index (χ2n) is 6.95. The Balaban J connectivity index is 1.68. The number of hydrogen-bond donors (Lipinski definition) is 1. The SMILES string of the molecule is CC(C)(C)OC(=O)NC1CCN(CC2CCOCC2)C1. The number of alkyl carbamates (subject to hydrolysis) is 1. The first-order valence-electron chi connectivity index (χ1n) is 7.72. The summed E-state index contributed by atoms with van der Waals surface area (Å²) in [4.78, 5) is 14.2. The molecule has 5 heteroatoms. The Morgan fingerprint density at radius 3 is 2.65 bits per heavy atom. The first-order chi connectivity index (χ1) is 9.42. The predicted octanol–water partition coefficient (Wildman–Crippen LogP) is 2.01. The highest BCUT2D eigenvalue weighted by Gasteiger charge is 2.27. The van der Waals surface area contributed by atoms with Gasteiger partial charge in [-0.15, -0.1) is 0 Å². The lowest BCUT2D eigenvalue weighted by molar-refractivity contribution is 0.0495. The van der Waals surface area contributed by atoms with Crippen molar-refractivity contribution in [1.82, 2.24) is 10.2 Å². The molecule has 1 amide bonds. The van der Waals surface area contributed by atoms with E-state index < -0.39 is 5.60 Å². The van der Waals surface area contributed by atoms with Crippen molar-refractivity contribution in [3.05, 3.63) is 0 Å². The van der Waals surface area contributed by atoms with Gasteiger partial charge in [-0.25, -0.2) is 4.79 Å². The third-order valence-electron chi connectivity index (χ3n) is 3.85. The summed E-state index contributed by atoms with van der Waals surface area (Å²) in [6.07, 6.45) is 3.06. The van der Waals surface area contributed by atoms with Gasteiger partial charge in [-0.3, -0.25) is 0 Å². The van der Waals surface area contributed by atoms with Crippen LogP contribution in [0.2, 0.25) is 0 Å². The van der Waals surface area contributed by atoms with Gasteiger partial charge in [0.25, 0.3) is 0 Å². The normalized spacial score (nSPS) is 25.6. The van der Waals surface area contributed by atoms with Crippen LogP contribution >= 0.6 is 0 Å². The van der Waals surface area contributed by atoms with Gasteiger partial charge in [0, 0.05) is 38.9 Å². The largest absolute Gasteiger partial charge is 0.444 e. The number of amides is 1. The Morgan fingerprint density at radius 2 is 2.00 bits per heavy atom. The van der Waals surface area contributed by atoms with Crippen LogP contribution < -0.4 is 5.32 Å². The molecule has 1 atom stereocenters. The molecule has 2 rings (SSSR count). The van der Waals surface area contributed by atoms with Crippen molar-refractivity contribution >= 4 is 6.09 Å². The Morgan fingerprint density at radius 1 is 1.30 bits per heavy atom. The molecule has 0 bridgehead atoms.